The van der Waals surface area contributed by atoms with Gasteiger partial charge in [0.1, 0.15) is 0 Å². The summed E-state index contributed by atoms with van der Waals surface area (Å²) < 4.78 is 0. The maximum atomic E-state index is 5.37. The summed E-state index contributed by atoms with van der Waals surface area (Å²) in [6, 6.07) is 0.586. The van der Waals surface area contributed by atoms with Gasteiger partial charge in [-0.3, -0.25) is 0 Å². The number of hydrogen-bond donors (Lipinski definition) is 1. The van der Waals surface area contributed by atoms with Crippen LogP contribution in [0.25, 0.3) is 0 Å². The molecule has 0 rings (SSSR count). The first kappa shape index (κ1) is 11.0. The Kier molecular flexibility index (Phi) is 6.68. The maximum absolute atomic E-state index is 5.37. The molecule has 0 radical (unpaired) electrons. The Labute approximate surface area is 74.8 Å². The Balaban J connectivity index is 3.29. The summed E-state index contributed by atoms with van der Waals surface area (Å²) in [5.41, 5.74) is 1.55. The minimum atomic E-state index is 0.586. The van der Waals surface area contributed by atoms with Crippen molar-refractivity contribution >= 4 is 11.6 Å². The smallest absolute Gasteiger partial charge is 0.0148 e. The standard InChI is InChI=1S/C9H18ClN/c1-8(2)7-9(3)11-6-4-5-10/h4-5,8-9,11H,6-7H2,1-3H3/b5-4+. The maximum Gasteiger partial charge on any atom is 0.0148 e. The Morgan fingerprint density at radius 2 is 2.00 bits per heavy atom. The van der Waals surface area contributed by atoms with E-state index in [-0.39, 0.29) is 0 Å². The van der Waals surface area contributed by atoms with Gasteiger partial charge >= 0.3 is 0 Å². The van der Waals surface area contributed by atoms with Gasteiger partial charge in [-0.15, -0.1) is 0 Å². The van der Waals surface area contributed by atoms with Crippen molar-refractivity contribution in [3.63, 3.8) is 0 Å². The molecule has 0 aliphatic carbocycles. The Bertz CT molecular complexity index is 110. The molecule has 0 heterocycles. The van der Waals surface area contributed by atoms with Crippen LogP contribution in [-0.2, 0) is 0 Å². The predicted molar refractivity (Wildman–Crippen MR) is 51.9 cm³/mol. The summed E-state index contributed by atoms with van der Waals surface area (Å²) in [4.78, 5) is 0. The molecule has 11 heavy (non-hydrogen) atoms. The quantitative estimate of drug-likeness (QED) is 0.678. The summed E-state index contributed by atoms with van der Waals surface area (Å²) in [6.45, 7) is 7.53. The van der Waals surface area contributed by atoms with Crippen molar-refractivity contribution in [2.24, 2.45) is 5.92 Å². The van der Waals surface area contributed by atoms with Crippen molar-refractivity contribution in [3.05, 3.63) is 11.6 Å². The molecule has 0 saturated carbocycles. The first-order chi connectivity index (χ1) is 5.16. The normalized spacial score (nSPS) is 14.6. The lowest BCUT2D eigenvalue weighted by Crippen LogP contribution is -2.27. The summed E-state index contributed by atoms with van der Waals surface area (Å²) in [5.74, 6) is 0.762. The predicted octanol–water partition coefficient (Wildman–Crippen LogP) is 2.76. The van der Waals surface area contributed by atoms with E-state index >= 15 is 0 Å². The summed E-state index contributed by atoms with van der Waals surface area (Å²) in [7, 11) is 0. The van der Waals surface area contributed by atoms with Crippen LogP contribution in [0, 0.1) is 5.92 Å². The van der Waals surface area contributed by atoms with E-state index in [9.17, 15) is 0 Å². The van der Waals surface area contributed by atoms with E-state index in [1.54, 1.807) is 5.54 Å². The molecule has 0 aromatic carbocycles. The van der Waals surface area contributed by atoms with Gasteiger partial charge in [0, 0.05) is 18.1 Å². The lowest BCUT2D eigenvalue weighted by atomic mass is 10.1. The third kappa shape index (κ3) is 7.89. The molecule has 0 fully saturated rings. The lowest BCUT2D eigenvalue weighted by Gasteiger charge is -2.13. The molecule has 0 aromatic heterocycles. The van der Waals surface area contributed by atoms with Gasteiger partial charge in [0.05, 0.1) is 0 Å². The fourth-order valence-corrected chi connectivity index (χ4v) is 1.19. The van der Waals surface area contributed by atoms with Gasteiger partial charge in [0.2, 0.25) is 0 Å². The molecule has 0 amide bonds. The van der Waals surface area contributed by atoms with E-state index in [0.29, 0.717) is 6.04 Å². The minimum Gasteiger partial charge on any atom is -0.311 e. The second kappa shape index (κ2) is 6.68. The summed E-state index contributed by atoms with van der Waals surface area (Å²) >= 11 is 5.37. The van der Waals surface area contributed by atoms with Crippen molar-refractivity contribution in [3.8, 4) is 0 Å². The molecule has 0 spiro atoms. The van der Waals surface area contributed by atoms with Gasteiger partial charge in [-0.25, -0.2) is 0 Å². The van der Waals surface area contributed by atoms with E-state index in [0.717, 1.165) is 12.5 Å². The molecule has 0 bridgehead atoms. The zero-order valence-electron chi connectivity index (χ0n) is 7.60. The zero-order chi connectivity index (χ0) is 8.69. The van der Waals surface area contributed by atoms with Gasteiger partial charge in [0.15, 0.2) is 0 Å². The van der Waals surface area contributed by atoms with E-state index in [4.69, 9.17) is 11.6 Å². The fourth-order valence-electron chi connectivity index (χ4n) is 1.10. The average molecular weight is 176 g/mol. The monoisotopic (exact) mass is 175 g/mol. The highest BCUT2D eigenvalue weighted by Crippen LogP contribution is 2.02. The van der Waals surface area contributed by atoms with Crippen LogP contribution >= 0.6 is 11.6 Å². The molecule has 0 aliphatic rings. The largest absolute Gasteiger partial charge is 0.311 e. The lowest BCUT2D eigenvalue weighted by molar-refractivity contribution is 0.457. The van der Waals surface area contributed by atoms with Crippen LogP contribution in [0.3, 0.4) is 0 Å². The van der Waals surface area contributed by atoms with Crippen LogP contribution in [-0.4, -0.2) is 12.6 Å². The van der Waals surface area contributed by atoms with E-state index in [1.165, 1.54) is 6.42 Å². The van der Waals surface area contributed by atoms with Crippen molar-refractivity contribution in [1.29, 1.82) is 0 Å². The molecule has 1 N–H and O–H groups in total. The molecule has 0 aliphatic heterocycles. The average Bonchev–Trinajstić information content (AvgIpc) is 1.86. The molecule has 1 nitrogen and oxygen atoms in total. The Morgan fingerprint density at radius 1 is 1.36 bits per heavy atom. The number of halogens is 1. The van der Waals surface area contributed by atoms with Gasteiger partial charge in [-0.2, -0.15) is 0 Å². The minimum absolute atomic E-state index is 0.586. The molecule has 1 atom stereocenters. The van der Waals surface area contributed by atoms with Crippen LogP contribution in [0.1, 0.15) is 27.2 Å². The molecule has 0 saturated heterocycles. The summed E-state index contributed by atoms with van der Waals surface area (Å²) in [6.07, 6.45) is 3.13. The highest BCUT2D eigenvalue weighted by atomic mass is 35.5. The third-order valence-corrected chi connectivity index (χ3v) is 1.68. The highest BCUT2D eigenvalue weighted by Gasteiger charge is 2.01. The number of nitrogens with one attached hydrogen (secondary N) is 1. The molecule has 2 heteroatoms. The SMILES string of the molecule is CC(C)CC(C)NC/C=C/Cl. The van der Waals surface area contributed by atoms with Gasteiger partial charge < -0.3 is 5.32 Å². The topological polar surface area (TPSA) is 12.0 Å². The number of rotatable bonds is 5. The van der Waals surface area contributed by atoms with E-state index < -0.39 is 0 Å². The first-order valence-corrected chi connectivity index (χ1v) is 4.59. The van der Waals surface area contributed by atoms with Crippen molar-refractivity contribution < 1.29 is 0 Å². The molecular weight excluding hydrogens is 158 g/mol. The van der Waals surface area contributed by atoms with E-state index in [2.05, 4.69) is 26.1 Å². The Morgan fingerprint density at radius 3 is 2.45 bits per heavy atom. The van der Waals surface area contributed by atoms with Crippen LogP contribution in [0.2, 0.25) is 0 Å². The van der Waals surface area contributed by atoms with Gasteiger partial charge in [-0.1, -0.05) is 31.5 Å². The highest BCUT2D eigenvalue weighted by molar-refractivity contribution is 6.25. The van der Waals surface area contributed by atoms with E-state index in [1.807, 2.05) is 6.08 Å². The molecule has 0 aromatic rings. The van der Waals surface area contributed by atoms with Gasteiger partial charge in [0.25, 0.3) is 0 Å². The summed E-state index contributed by atoms with van der Waals surface area (Å²) in [5, 5.41) is 3.34. The molecule has 66 valence electrons. The third-order valence-electron chi connectivity index (χ3n) is 1.50. The van der Waals surface area contributed by atoms with Crippen LogP contribution in [0.15, 0.2) is 11.6 Å². The second-order valence-corrected chi connectivity index (χ2v) is 3.55. The fraction of sp³-hybridized carbons (Fsp3) is 0.778. The molecular formula is C9H18ClN. The van der Waals surface area contributed by atoms with Crippen LogP contribution < -0.4 is 5.32 Å². The van der Waals surface area contributed by atoms with Crippen LogP contribution in [0.5, 0.6) is 0 Å². The number of hydrogen-bond acceptors (Lipinski definition) is 1. The zero-order valence-corrected chi connectivity index (χ0v) is 8.36. The van der Waals surface area contributed by atoms with Crippen molar-refractivity contribution in [1.82, 2.24) is 5.32 Å². The van der Waals surface area contributed by atoms with Crippen molar-refractivity contribution in [2.75, 3.05) is 6.54 Å². The van der Waals surface area contributed by atoms with Crippen LogP contribution in [0.4, 0.5) is 0 Å². The van der Waals surface area contributed by atoms with Crippen molar-refractivity contribution in [2.45, 2.75) is 33.2 Å². The second-order valence-electron chi connectivity index (χ2n) is 3.30. The Hall–Kier alpha value is -0.0100. The first-order valence-electron chi connectivity index (χ1n) is 4.15. The van der Waals surface area contributed by atoms with Gasteiger partial charge in [-0.05, 0) is 19.3 Å². The molecule has 1 unspecified atom stereocenters.